The highest BCUT2D eigenvalue weighted by atomic mass is 32.2. The molecular weight excluding hydrogens is 785 g/mol. The van der Waals surface area contributed by atoms with E-state index in [9.17, 15) is 0 Å². The summed E-state index contributed by atoms with van der Waals surface area (Å²) in [5.74, 6) is 0.776. The molecule has 10 rings (SSSR count). The van der Waals surface area contributed by atoms with Crippen LogP contribution in [0.5, 0.6) is 0 Å². The summed E-state index contributed by atoms with van der Waals surface area (Å²) in [5.41, 5.74) is 16.3. The van der Waals surface area contributed by atoms with E-state index in [2.05, 4.69) is 234 Å². The second kappa shape index (κ2) is 16.0. The molecule has 1 aromatic heterocycles. The zero-order valence-corrected chi connectivity index (χ0v) is 37.7. The zero-order valence-electron chi connectivity index (χ0n) is 35.9. The van der Waals surface area contributed by atoms with Crippen LogP contribution in [0.3, 0.4) is 0 Å². The Bertz CT molecular complexity index is 2960. The van der Waals surface area contributed by atoms with E-state index in [1.165, 1.54) is 82.0 Å². The molecule has 62 heavy (non-hydrogen) atoms. The number of rotatable bonds is 7. The van der Waals surface area contributed by atoms with E-state index in [-0.39, 0.29) is 5.41 Å². The van der Waals surface area contributed by atoms with Crippen LogP contribution in [-0.4, -0.2) is 18.0 Å². The monoisotopic (exact) mass is 832 g/mol. The van der Waals surface area contributed by atoms with Crippen LogP contribution in [0.15, 0.2) is 210 Å². The molecule has 8 aromatic carbocycles. The minimum absolute atomic E-state index is 0.229. The van der Waals surface area contributed by atoms with Crippen LogP contribution < -0.4 is 10.4 Å². The average molecular weight is 833 g/mol. The summed E-state index contributed by atoms with van der Waals surface area (Å²) in [6.45, 7) is 11.8. The van der Waals surface area contributed by atoms with Crippen LogP contribution in [0.25, 0.3) is 78.1 Å². The molecule has 1 aliphatic heterocycles. The van der Waals surface area contributed by atoms with Crippen molar-refractivity contribution in [3.05, 3.63) is 206 Å². The van der Waals surface area contributed by atoms with Crippen molar-refractivity contribution in [1.29, 1.82) is 0 Å². The molecule has 9 aromatic rings. The maximum absolute atomic E-state index is 5.42. The van der Waals surface area contributed by atoms with Crippen LogP contribution in [0.4, 0.5) is 0 Å². The smallest absolute Gasteiger partial charge is 0.160 e. The molecule has 2 nitrogen and oxygen atoms in total. The van der Waals surface area contributed by atoms with Crippen molar-refractivity contribution in [3.8, 4) is 78.1 Å². The summed E-state index contributed by atoms with van der Waals surface area (Å²) in [6.07, 6.45) is 2.13. The highest BCUT2D eigenvalue weighted by Gasteiger charge is 2.37. The summed E-state index contributed by atoms with van der Waals surface area (Å²) in [7, 11) is -1.98. The van der Waals surface area contributed by atoms with Gasteiger partial charge in [0.1, 0.15) is 13.1 Å². The number of aromatic nitrogens is 2. The van der Waals surface area contributed by atoms with Crippen molar-refractivity contribution in [2.45, 2.75) is 49.2 Å². The highest BCUT2D eigenvalue weighted by Crippen LogP contribution is 2.56. The Morgan fingerprint density at radius 3 is 1.23 bits per heavy atom. The number of nitrogens with zero attached hydrogens (tertiary/aromatic N) is 2. The lowest BCUT2D eigenvalue weighted by molar-refractivity contribution is 0.591. The molecule has 0 unspecified atom stereocenters. The lowest BCUT2D eigenvalue weighted by Gasteiger charge is -2.32. The van der Waals surface area contributed by atoms with Gasteiger partial charge in [-0.3, -0.25) is 0 Å². The SMILES string of the molecule is CC(C)(C)c1cc(-c2c(-c3ccccc3)c(-c3ccccc3)c(-c3ccccc3)c(-c3ccccc3)c2-c2ccccc2)ccc1-c1ncc2c(n1)Sc1ccccc1[Si]2(C)C. The lowest BCUT2D eigenvalue weighted by atomic mass is 9.73. The Morgan fingerprint density at radius 2 is 0.806 bits per heavy atom. The maximum Gasteiger partial charge on any atom is 0.160 e. The molecule has 0 spiro atoms. The second-order valence-electron chi connectivity index (χ2n) is 17.7. The zero-order chi connectivity index (χ0) is 42.4. The van der Waals surface area contributed by atoms with Crippen molar-refractivity contribution >= 4 is 30.2 Å². The fraction of sp³-hybridized carbons (Fsp3) is 0.103. The van der Waals surface area contributed by atoms with Gasteiger partial charge in [0.05, 0.1) is 0 Å². The van der Waals surface area contributed by atoms with Gasteiger partial charge in [0.15, 0.2) is 5.82 Å². The van der Waals surface area contributed by atoms with Crippen molar-refractivity contribution in [2.24, 2.45) is 0 Å². The largest absolute Gasteiger partial charge is 0.237 e. The fourth-order valence-corrected chi connectivity index (χ4v) is 14.5. The summed E-state index contributed by atoms with van der Waals surface area (Å²) in [5, 5.41) is 3.85. The molecule has 0 saturated carbocycles. The van der Waals surface area contributed by atoms with Crippen LogP contribution >= 0.6 is 11.8 Å². The van der Waals surface area contributed by atoms with E-state index in [1.54, 1.807) is 11.8 Å². The van der Waals surface area contributed by atoms with Crippen LogP contribution in [0, 0.1) is 0 Å². The Morgan fingerprint density at radius 1 is 0.419 bits per heavy atom. The van der Waals surface area contributed by atoms with Gasteiger partial charge in [-0.25, -0.2) is 9.97 Å². The van der Waals surface area contributed by atoms with Gasteiger partial charge in [0, 0.05) is 16.7 Å². The van der Waals surface area contributed by atoms with Crippen LogP contribution in [0.1, 0.15) is 26.3 Å². The second-order valence-corrected chi connectivity index (χ2v) is 23.1. The first-order chi connectivity index (χ1) is 30.2. The van der Waals surface area contributed by atoms with Gasteiger partial charge < -0.3 is 0 Å². The topological polar surface area (TPSA) is 25.8 Å². The Hall–Kier alpha value is -6.59. The third-order valence-corrected chi connectivity index (χ3v) is 17.3. The third-order valence-electron chi connectivity index (χ3n) is 12.4. The molecule has 2 heterocycles. The van der Waals surface area contributed by atoms with E-state index in [0.717, 1.165) is 22.0 Å². The molecule has 0 N–H and O–H groups in total. The molecule has 0 bridgehead atoms. The number of fused-ring (bicyclic) bond motifs is 2. The molecule has 0 atom stereocenters. The van der Waals surface area contributed by atoms with Gasteiger partial charge in [0.2, 0.25) is 0 Å². The number of benzene rings is 8. The van der Waals surface area contributed by atoms with E-state index >= 15 is 0 Å². The van der Waals surface area contributed by atoms with Gasteiger partial charge in [-0.2, -0.15) is 0 Å². The molecule has 4 heteroatoms. The molecule has 300 valence electrons. The average Bonchev–Trinajstić information content (AvgIpc) is 3.31. The van der Waals surface area contributed by atoms with Crippen molar-refractivity contribution < 1.29 is 0 Å². The maximum atomic E-state index is 5.42. The first kappa shape index (κ1) is 39.5. The Balaban J connectivity index is 1.33. The van der Waals surface area contributed by atoms with Gasteiger partial charge in [-0.15, -0.1) is 0 Å². The summed E-state index contributed by atoms with van der Waals surface area (Å²) >= 11 is 1.79. The first-order valence-corrected chi connectivity index (χ1v) is 25.3. The van der Waals surface area contributed by atoms with Crippen molar-refractivity contribution in [1.82, 2.24) is 9.97 Å². The van der Waals surface area contributed by atoms with Crippen LogP contribution in [0.2, 0.25) is 13.1 Å². The van der Waals surface area contributed by atoms with Gasteiger partial charge in [-0.05, 0) is 100 Å². The van der Waals surface area contributed by atoms with Gasteiger partial charge in [-0.1, -0.05) is 228 Å². The molecule has 0 amide bonds. The van der Waals surface area contributed by atoms with Crippen molar-refractivity contribution in [3.63, 3.8) is 0 Å². The minimum Gasteiger partial charge on any atom is -0.237 e. The molecule has 1 aliphatic rings. The molecular formula is C58H48N2SSi. The summed E-state index contributed by atoms with van der Waals surface area (Å²) in [4.78, 5) is 11.9. The lowest BCUT2D eigenvalue weighted by Crippen LogP contribution is -2.56. The quantitative estimate of drug-likeness (QED) is 0.118. The predicted octanol–water partition coefficient (Wildman–Crippen LogP) is 14.7. The predicted molar refractivity (Wildman–Crippen MR) is 266 cm³/mol. The van der Waals surface area contributed by atoms with E-state index in [4.69, 9.17) is 9.97 Å². The standard InChI is InChI=1S/C58H48N2SSi/c1-58(2,3)46-37-44(35-36-45(46)56-59-38-49-57(60-56)61-47-33-21-22-34-48(47)62(49,4)5)55-53(42-29-17-9-18-30-42)51(40-25-13-7-14-26-40)50(39-23-11-6-12-24-39)52(41-27-15-8-16-28-41)54(55)43-31-19-10-20-32-43/h6-38H,1-5H3. The molecule has 0 radical (unpaired) electrons. The fourth-order valence-electron chi connectivity index (χ4n) is 9.35. The highest BCUT2D eigenvalue weighted by molar-refractivity contribution is 8.00. The number of hydrogen-bond donors (Lipinski definition) is 0. The van der Waals surface area contributed by atoms with E-state index < -0.39 is 8.07 Å². The van der Waals surface area contributed by atoms with Gasteiger partial charge in [0.25, 0.3) is 0 Å². The van der Waals surface area contributed by atoms with E-state index in [0.29, 0.717) is 0 Å². The van der Waals surface area contributed by atoms with Crippen LogP contribution in [-0.2, 0) is 5.41 Å². The summed E-state index contributed by atoms with van der Waals surface area (Å²) in [6, 6.07) is 70.9. The molecule has 0 saturated heterocycles. The molecule has 0 aliphatic carbocycles. The molecule has 0 fully saturated rings. The van der Waals surface area contributed by atoms with E-state index in [1.807, 2.05) is 0 Å². The third kappa shape index (κ3) is 7.03. The first-order valence-electron chi connectivity index (χ1n) is 21.5. The Kier molecular flexibility index (Phi) is 10.2. The Labute approximate surface area is 371 Å². The minimum atomic E-state index is -1.98. The van der Waals surface area contributed by atoms with Gasteiger partial charge >= 0.3 is 0 Å². The number of hydrogen-bond acceptors (Lipinski definition) is 3. The summed E-state index contributed by atoms with van der Waals surface area (Å²) < 4.78 is 0. The normalized spacial score (nSPS) is 13.0. The van der Waals surface area contributed by atoms with Crippen molar-refractivity contribution in [2.75, 3.05) is 0 Å².